The molecule has 0 radical (unpaired) electrons. The highest BCUT2D eigenvalue weighted by atomic mass is 79.9. The molecule has 0 bridgehead atoms. The van der Waals surface area contributed by atoms with Crippen molar-refractivity contribution in [2.24, 2.45) is 0 Å². The first-order valence-electron chi connectivity index (χ1n) is 8.75. The Hall–Kier alpha value is -0.880. The van der Waals surface area contributed by atoms with Gasteiger partial charge in [-0.2, -0.15) is 0 Å². The molecule has 0 spiro atoms. The minimum absolute atomic E-state index is 0. The van der Waals surface area contributed by atoms with E-state index in [1.54, 1.807) is 0 Å². The van der Waals surface area contributed by atoms with Gasteiger partial charge in [0.05, 0.1) is 11.1 Å². The number of fused-ring (bicyclic) bond motifs is 1. The van der Waals surface area contributed by atoms with Crippen molar-refractivity contribution in [2.75, 3.05) is 13.1 Å². The predicted octanol–water partition coefficient (Wildman–Crippen LogP) is 4.51. The number of carbonyl (C=O) groups is 1. The van der Waals surface area contributed by atoms with Crippen molar-refractivity contribution in [3.63, 3.8) is 0 Å². The van der Waals surface area contributed by atoms with Gasteiger partial charge in [0, 0.05) is 34.1 Å². The second kappa shape index (κ2) is 8.87. The van der Waals surface area contributed by atoms with Crippen LogP contribution in [0.5, 0.6) is 0 Å². The fourth-order valence-electron chi connectivity index (χ4n) is 3.63. The van der Waals surface area contributed by atoms with Crippen LogP contribution in [0.3, 0.4) is 0 Å². The van der Waals surface area contributed by atoms with Crippen LogP contribution in [0.25, 0.3) is 10.9 Å². The zero-order valence-electron chi connectivity index (χ0n) is 14.7. The molecule has 7 heteroatoms. The van der Waals surface area contributed by atoms with E-state index in [4.69, 9.17) is 4.98 Å². The topological polar surface area (TPSA) is 54.0 Å². The van der Waals surface area contributed by atoms with E-state index >= 15 is 0 Å². The molecule has 1 aliphatic heterocycles. The molecule has 2 aromatic rings. The fourth-order valence-corrected chi connectivity index (χ4v) is 3.99. The Bertz CT molecular complexity index is 805. The van der Waals surface area contributed by atoms with E-state index in [1.807, 2.05) is 18.2 Å². The Morgan fingerprint density at radius 1 is 1.27 bits per heavy atom. The predicted molar refractivity (Wildman–Crippen MR) is 114 cm³/mol. The molecular weight excluding hydrogens is 437 g/mol. The summed E-state index contributed by atoms with van der Waals surface area (Å²) in [7, 11) is 0. The summed E-state index contributed by atoms with van der Waals surface area (Å²) in [6.45, 7) is 3.95. The largest absolute Gasteiger partial charge is 0.348 e. The van der Waals surface area contributed by atoms with Gasteiger partial charge in [-0.1, -0.05) is 15.9 Å². The Kier molecular flexibility index (Phi) is 7.31. The lowest BCUT2D eigenvalue weighted by atomic mass is 9.98. The highest BCUT2D eigenvalue weighted by Gasteiger charge is 2.30. The number of amides is 1. The summed E-state index contributed by atoms with van der Waals surface area (Å²) < 4.78 is 0.976. The van der Waals surface area contributed by atoms with E-state index < -0.39 is 0 Å². The molecule has 2 heterocycles. The van der Waals surface area contributed by atoms with Crippen LogP contribution in [-0.4, -0.2) is 30.0 Å². The first kappa shape index (κ1) is 21.4. The number of hydrogen-bond donors (Lipinski definition) is 2. The van der Waals surface area contributed by atoms with Gasteiger partial charge in [0.2, 0.25) is 0 Å². The number of carbonyl (C=O) groups excluding carboxylic acids is 1. The highest BCUT2D eigenvalue weighted by Crippen LogP contribution is 2.42. The molecule has 1 unspecified atom stereocenters. The van der Waals surface area contributed by atoms with E-state index in [9.17, 15) is 4.79 Å². The number of nitrogens with zero attached hydrogens (tertiary/aromatic N) is 1. The van der Waals surface area contributed by atoms with Crippen molar-refractivity contribution >= 4 is 57.6 Å². The van der Waals surface area contributed by atoms with Crippen LogP contribution in [0.2, 0.25) is 0 Å². The molecule has 2 fully saturated rings. The monoisotopic (exact) mass is 459 g/mol. The Morgan fingerprint density at radius 3 is 2.69 bits per heavy atom. The lowest BCUT2D eigenvalue weighted by Crippen LogP contribution is -2.45. The summed E-state index contributed by atoms with van der Waals surface area (Å²) in [5.74, 6) is 0.564. The molecular formula is C19H24BrCl2N3O. The molecule has 2 N–H and O–H groups in total. The second-order valence-electron chi connectivity index (χ2n) is 6.95. The minimum atomic E-state index is 0. The molecule has 1 atom stereocenters. The molecule has 4 rings (SSSR count). The molecule has 1 aromatic heterocycles. The molecule has 4 nitrogen and oxygen atoms in total. The number of benzene rings is 1. The third kappa shape index (κ3) is 4.33. The van der Waals surface area contributed by atoms with E-state index in [2.05, 4.69) is 33.5 Å². The van der Waals surface area contributed by atoms with Crippen molar-refractivity contribution < 1.29 is 4.79 Å². The van der Waals surface area contributed by atoms with Crippen molar-refractivity contribution in [1.29, 1.82) is 0 Å². The van der Waals surface area contributed by atoms with Crippen molar-refractivity contribution in [3.8, 4) is 0 Å². The second-order valence-corrected chi connectivity index (χ2v) is 7.87. The first-order valence-corrected chi connectivity index (χ1v) is 9.54. The summed E-state index contributed by atoms with van der Waals surface area (Å²) in [5.41, 5.74) is 3.87. The number of hydrogen-bond acceptors (Lipinski definition) is 3. The molecule has 2 aliphatic rings. The number of pyridine rings is 1. The summed E-state index contributed by atoms with van der Waals surface area (Å²) in [5, 5.41) is 7.52. The summed E-state index contributed by atoms with van der Waals surface area (Å²) in [4.78, 5) is 17.9. The van der Waals surface area contributed by atoms with Crippen LogP contribution in [-0.2, 0) is 0 Å². The third-order valence-electron chi connectivity index (χ3n) is 5.05. The number of halogens is 3. The minimum Gasteiger partial charge on any atom is -0.348 e. The quantitative estimate of drug-likeness (QED) is 0.708. The lowest BCUT2D eigenvalue weighted by Gasteiger charge is -2.24. The van der Waals surface area contributed by atoms with Gasteiger partial charge in [-0.05, 0) is 62.9 Å². The van der Waals surface area contributed by atoms with Gasteiger partial charge >= 0.3 is 0 Å². The van der Waals surface area contributed by atoms with Gasteiger partial charge in [-0.3, -0.25) is 9.78 Å². The Morgan fingerprint density at radius 2 is 2.04 bits per heavy atom. The van der Waals surface area contributed by atoms with Crippen LogP contribution in [0, 0.1) is 6.92 Å². The van der Waals surface area contributed by atoms with E-state index in [-0.39, 0.29) is 36.8 Å². The number of rotatable bonds is 3. The van der Waals surface area contributed by atoms with Crippen molar-refractivity contribution in [1.82, 2.24) is 15.6 Å². The molecule has 26 heavy (non-hydrogen) atoms. The summed E-state index contributed by atoms with van der Waals surface area (Å²) >= 11 is 3.53. The standard InChI is InChI=1S/C19H22BrN3O.2ClH/c1-11-17(19(24)22-14-3-2-8-21-10-14)15-9-13(20)6-7-16(15)23-18(11)12-4-5-12;;/h6-7,9,12,14,21H,2-5,8,10H2,1H3,(H,22,24);2*1H. The van der Waals surface area contributed by atoms with Gasteiger partial charge in [0.25, 0.3) is 5.91 Å². The van der Waals surface area contributed by atoms with Crippen LogP contribution < -0.4 is 10.6 Å². The zero-order valence-corrected chi connectivity index (χ0v) is 17.9. The third-order valence-corrected chi connectivity index (χ3v) is 5.54. The van der Waals surface area contributed by atoms with Gasteiger partial charge < -0.3 is 10.6 Å². The average Bonchev–Trinajstić information content (AvgIpc) is 3.40. The number of piperidine rings is 1. The van der Waals surface area contributed by atoms with Gasteiger partial charge in [0.1, 0.15) is 0 Å². The maximum Gasteiger partial charge on any atom is 0.252 e. The zero-order chi connectivity index (χ0) is 16.7. The van der Waals surface area contributed by atoms with Gasteiger partial charge in [-0.25, -0.2) is 0 Å². The van der Waals surface area contributed by atoms with E-state index in [1.165, 1.54) is 12.8 Å². The van der Waals surface area contributed by atoms with Gasteiger partial charge in [0.15, 0.2) is 0 Å². The maximum absolute atomic E-state index is 13.1. The van der Waals surface area contributed by atoms with Crippen LogP contribution >= 0.6 is 40.7 Å². The molecule has 1 aliphatic carbocycles. The molecule has 1 saturated heterocycles. The summed E-state index contributed by atoms with van der Waals surface area (Å²) in [6.07, 6.45) is 4.52. The van der Waals surface area contributed by atoms with Gasteiger partial charge in [-0.15, -0.1) is 24.8 Å². The fraction of sp³-hybridized carbons (Fsp3) is 0.474. The number of aromatic nitrogens is 1. The average molecular weight is 461 g/mol. The normalized spacial score (nSPS) is 19.4. The van der Waals surface area contributed by atoms with Crippen molar-refractivity contribution in [2.45, 2.75) is 44.6 Å². The lowest BCUT2D eigenvalue weighted by molar-refractivity contribution is 0.0931. The van der Waals surface area contributed by atoms with Crippen LogP contribution in [0.1, 0.15) is 53.2 Å². The highest BCUT2D eigenvalue weighted by molar-refractivity contribution is 9.10. The first-order chi connectivity index (χ1) is 11.6. The van der Waals surface area contributed by atoms with Crippen LogP contribution in [0.15, 0.2) is 22.7 Å². The van der Waals surface area contributed by atoms with Crippen molar-refractivity contribution in [3.05, 3.63) is 39.5 Å². The van der Waals surface area contributed by atoms with E-state index in [0.717, 1.165) is 58.1 Å². The smallest absolute Gasteiger partial charge is 0.252 e. The SMILES string of the molecule is Cc1c(C2CC2)nc2ccc(Br)cc2c1C(=O)NC1CCCNC1.Cl.Cl. The Labute approximate surface area is 174 Å². The molecule has 1 aromatic carbocycles. The molecule has 1 amide bonds. The number of nitrogens with one attached hydrogen (secondary N) is 2. The molecule has 1 saturated carbocycles. The Balaban J connectivity index is 0.00000121. The maximum atomic E-state index is 13.1. The van der Waals surface area contributed by atoms with Crippen LogP contribution in [0.4, 0.5) is 0 Å². The molecule has 142 valence electrons. The summed E-state index contributed by atoms with van der Waals surface area (Å²) in [6, 6.07) is 6.23. The van der Waals surface area contributed by atoms with E-state index in [0.29, 0.717) is 5.92 Å².